The van der Waals surface area contributed by atoms with Gasteiger partial charge < -0.3 is 4.90 Å². The summed E-state index contributed by atoms with van der Waals surface area (Å²) in [5.41, 5.74) is 2.44. The fraction of sp³-hybridized carbons (Fsp3) is 0.389. The Balaban J connectivity index is 1.81. The molecule has 2 aromatic rings. The summed E-state index contributed by atoms with van der Waals surface area (Å²) >= 11 is 0. The minimum atomic E-state index is 0.0657. The second-order valence-electron chi connectivity index (χ2n) is 5.82. The summed E-state index contributed by atoms with van der Waals surface area (Å²) in [5, 5.41) is 8.74. The first-order valence-corrected chi connectivity index (χ1v) is 7.94. The van der Waals surface area contributed by atoms with E-state index in [0.29, 0.717) is 5.56 Å². The first kappa shape index (κ1) is 14.7. The van der Waals surface area contributed by atoms with E-state index in [1.54, 1.807) is 6.92 Å². The average molecular weight is 295 g/mol. The molecule has 2 heterocycles. The van der Waals surface area contributed by atoms with Crippen molar-refractivity contribution in [1.82, 2.24) is 10.2 Å². The maximum atomic E-state index is 11.5. The second kappa shape index (κ2) is 6.69. The minimum Gasteiger partial charge on any atom is -0.355 e. The number of benzene rings is 1. The zero-order valence-corrected chi connectivity index (χ0v) is 13.0. The molecule has 0 amide bonds. The third-order valence-electron chi connectivity index (χ3n) is 4.15. The Hall–Kier alpha value is -2.23. The standard InChI is InChI=1S/C18H21N3O/c1-14(22)15-7-6-8-16(13-15)17-9-10-18(20-19-17)21-11-4-2-3-5-12-21/h6-10,13H,2-5,11-12H2,1H3. The Morgan fingerprint density at radius 2 is 1.77 bits per heavy atom. The molecular weight excluding hydrogens is 274 g/mol. The minimum absolute atomic E-state index is 0.0657. The van der Waals surface area contributed by atoms with Crippen LogP contribution >= 0.6 is 0 Å². The summed E-state index contributed by atoms with van der Waals surface area (Å²) in [5.74, 6) is 1.02. The van der Waals surface area contributed by atoms with Crippen molar-refractivity contribution in [2.24, 2.45) is 0 Å². The van der Waals surface area contributed by atoms with E-state index < -0.39 is 0 Å². The quantitative estimate of drug-likeness (QED) is 0.810. The molecule has 22 heavy (non-hydrogen) atoms. The maximum absolute atomic E-state index is 11.5. The molecule has 0 radical (unpaired) electrons. The fourth-order valence-corrected chi connectivity index (χ4v) is 2.85. The van der Waals surface area contributed by atoms with Gasteiger partial charge in [-0.1, -0.05) is 31.0 Å². The van der Waals surface area contributed by atoms with E-state index in [0.717, 1.165) is 30.2 Å². The van der Waals surface area contributed by atoms with Crippen LogP contribution in [0.5, 0.6) is 0 Å². The Morgan fingerprint density at radius 1 is 1.00 bits per heavy atom. The molecule has 1 aromatic heterocycles. The molecule has 0 unspecified atom stereocenters. The van der Waals surface area contributed by atoms with E-state index in [4.69, 9.17) is 0 Å². The molecule has 3 rings (SSSR count). The van der Waals surface area contributed by atoms with Crippen LogP contribution in [0.3, 0.4) is 0 Å². The van der Waals surface area contributed by atoms with Gasteiger partial charge in [-0.15, -0.1) is 10.2 Å². The van der Waals surface area contributed by atoms with Gasteiger partial charge in [0.15, 0.2) is 11.6 Å². The fourth-order valence-electron chi connectivity index (χ4n) is 2.85. The van der Waals surface area contributed by atoms with Crippen molar-refractivity contribution in [3.63, 3.8) is 0 Å². The van der Waals surface area contributed by atoms with E-state index in [1.165, 1.54) is 25.7 Å². The van der Waals surface area contributed by atoms with E-state index in [-0.39, 0.29) is 5.78 Å². The van der Waals surface area contributed by atoms with Gasteiger partial charge >= 0.3 is 0 Å². The number of Topliss-reactive ketones (excluding diaryl/α,β-unsaturated/α-hetero) is 1. The topological polar surface area (TPSA) is 46.1 Å². The van der Waals surface area contributed by atoms with Crippen molar-refractivity contribution in [2.45, 2.75) is 32.6 Å². The highest BCUT2D eigenvalue weighted by Crippen LogP contribution is 2.21. The Labute approximate surface area is 131 Å². The van der Waals surface area contributed by atoms with Crippen LogP contribution in [0.25, 0.3) is 11.3 Å². The monoisotopic (exact) mass is 295 g/mol. The van der Waals surface area contributed by atoms with Gasteiger partial charge in [-0.25, -0.2) is 0 Å². The molecule has 0 spiro atoms. The number of aromatic nitrogens is 2. The largest absolute Gasteiger partial charge is 0.355 e. The number of rotatable bonds is 3. The third kappa shape index (κ3) is 3.32. The van der Waals surface area contributed by atoms with E-state index in [9.17, 15) is 4.79 Å². The number of hydrogen-bond donors (Lipinski definition) is 0. The molecule has 1 aliphatic heterocycles. The van der Waals surface area contributed by atoms with Crippen molar-refractivity contribution >= 4 is 11.6 Å². The van der Waals surface area contributed by atoms with Crippen molar-refractivity contribution in [3.8, 4) is 11.3 Å². The zero-order chi connectivity index (χ0) is 15.4. The number of anilines is 1. The van der Waals surface area contributed by atoms with Gasteiger partial charge in [-0.3, -0.25) is 4.79 Å². The number of carbonyl (C=O) groups excluding carboxylic acids is 1. The van der Waals surface area contributed by atoms with E-state index in [2.05, 4.69) is 15.1 Å². The van der Waals surface area contributed by atoms with Gasteiger partial charge in [0, 0.05) is 24.2 Å². The van der Waals surface area contributed by atoms with Crippen LogP contribution in [0, 0.1) is 0 Å². The first-order chi connectivity index (χ1) is 10.7. The molecule has 1 aliphatic rings. The molecule has 0 saturated carbocycles. The normalized spacial score (nSPS) is 15.4. The summed E-state index contributed by atoms with van der Waals surface area (Å²) in [6.07, 6.45) is 5.06. The summed E-state index contributed by atoms with van der Waals surface area (Å²) in [7, 11) is 0. The predicted molar refractivity (Wildman–Crippen MR) is 88.2 cm³/mol. The van der Waals surface area contributed by atoms with Crippen molar-refractivity contribution in [1.29, 1.82) is 0 Å². The highest BCUT2D eigenvalue weighted by molar-refractivity contribution is 5.95. The highest BCUT2D eigenvalue weighted by Gasteiger charge is 2.12. The van der Waals surface area contributed by atoms with Crippen LogP contribution in [-0.4, -0.2) is 29.1 Å². The molecule has 1 aromatic carbocycles. The molecule has 1 fully saturated rings. The zero-order valence-electron chi connectivity index (χ0n) is 13.0. The van der Waals surface area contributed by atoms with Gasteiger partial charge in [-0.05, 0) is 38.0 Å². The smallest absolute Gasteiger partial charge is 0.159 e. The lowest BCUT2D eigenvalue weighted by Gasteiger charge is -2.20. The number of nitrogens with zero attached hydrogens (tertiary/aromatic N) is 3. The second-order valence-corrected chi connectivity index (χ2v) is 5.82. The maximum Gasteiger partial charge on any atom is 0.159 e. The summed E-state index contributed by atoms with van der Waals surface area (Å²) in [6.45, 7) is 3.70. The van der Waals surface area contributed by atoms with Crippen LogP contribution in [-0.2, 0) is 0 Å². The summed E-state index contributed by atoms with van der Waals surface area (Å²) in [6, 6.07) is 11.6. The molecule has 4 heteroatoms. The molecule has 0 N–H and O–H groups in total. The van der Waals surface area contributed by atoms with Crippen molar-refractivity contribution < 1.29 is 4.79 Å². The summed E-state index contributed by atoms with van der Waals surface area (Å²) < 4.78 is 0. The van der Waals surface area contributed by atoms with Crippen LogP contribution in [0.2, 0.25) is 0 Å². The molecule has 0 atom stereocenters. The lowest BCUT2D eigenvalue weighted by molar-refractivity contribution is 0.101. The molecule has 4 nitrogen and oxygen atoms in total. The van der Waals surface area contributed by atoms with Crippen LogP contribution in [0.1, 0.15) is 43.0 Å². The van der Waals surface area contributed by atoms with Gasteiger partial charge in [0.05, 0.1) is 5.69 Å². The average Bonchev–Trinajstić information content (AvgIpc) is 2.84. The third-order valence-corrected chi connectivity index (χ3v) is 4.15. The highest BCUT2D eigenvalue weighted by atomic mass is 16.1. The molecule has 1 saturated heterocycles. The van der Waals surface area contributed by atoms with Crippen LogP contribution in [0.4, 0.5) is 5.82 Å². The van der Waals surface area contributed by atoms with E-state index in [1.807, 2.05) is 36.4 Å². The predicted octanol–water partition coefficient (Wildman–Crippen LogP) is 3.73. The van der Waals surface area contributed by atoms with Crippen LogP contribution < -0.4 is 4.90 Å². The number of hydrogen-bond acceptors (Lipinski definition) is 4. The number of ketones is 1. The van der Waals surface area contributed by atoms with Gasteiger partial charge in [0.25, 0.3) is 0 Å². The lowest BCUT2D eigenvalue weighted by atomic mass is 10.1. The van der Waals surface area contributed by atoms with Gasteiger partial charge in [0.1, 0.15) is 0 Å². The SMILES string of the molecule is CC(=O)c1cccc(-c2ccc(N3CCCCCC3)nn2)c1. The van der Waals surface area contributed by atoms with Crippen molar-refractivity contribution in [3.05, 3.63) is 42.0 Å². The summed E-state index contributed by atoms with van der Waals surface area (Å²) in [4.78, 5) is 13.8. The molecule has 0 bridgehead atoms. The molecule has 114 valence electrons. The van der Waals surface area contributed by atoms with Crippen LogP contribution in [0.15, 0.2) is 36.4 Å². The Bertz CT molecular complexity index is 644. The van der Waals surface area contributed by atoms with E-state index >= 15 is 0 Å². The Morgan fingerprint density at radius 3 is 2.41 bits per heavy atom. The molecule has 0 aliphatic carbocycles. The Kier molecular flexibility index (Phi) is 4.47. The van der Waals surface area contributed by atoms with Crippen molar-refractivity contribution in [2.75, 3.05) is 18.0 Å². The lowest BCUT2D eigenvalue weighted by Crippen LogP contribution is -2.25. The number of carbonyl (C=O) groups is 1. The van der Waals surface area contributed by atoms with Gasteiger partial charge in [0.2, 0.25) is 0 Å². The molecular formula is C18H21N3O. The van der Waals surface area contributed by atoms with Gasteiger partial charge in [-0.2, -0.15) is 0 Å². The first-order valence-electron chi connectivity index (χ1n) is 7.94.